The van der Waals surface area contributed by atoms with Crippen molar-refractivity contribution in [3.05, 3.63) is 65.4 Å². The molecule has 0 fully saturated rings. The third-order valence-corrected chi connectivity index (χ3v) is 3.72. The van der Waals surface area contributed by atoms with Crippen LogP contribution in [0.4, 0.5) is 14.5 Å². The lowest BCUT2D eigenvalue weighted by molar-refractivity contribution is 0.581. The van der Waals surface area contributed by atoms with Crippen LogP contribution < -0.4 is 5.32 Å². The molecule has 3 aromatic rings. The Balaban J connectivity index is 1.68. The first kappa shape index (κ1) is 15.2. The van der Waals surface area contributed by atoms with Crippen molar-refractivity contribution in [3.63, 3.8) is 0 Å². The van der Waals surface area contributed by atoms with E-state index in [-0.39, 0.29) is 0 Å². The van der Waals surface area contributed by atoms with Crippen LogP contribution in [0.2, 0.25) is 0 Å². The van der Waals surface area contributed by atoms with Gasteiger partial charge in [0.25, 0.3) is 0 Å². The highest BCUT2D eigenvalue weighted by Gasteiger charge is 2.05. The largest absolute Gasteiger partial charge is 0.381 e. The summed E-state index contributed by atoms with van der Waals surface area (Å²) in [6.07, 6.45) is 3.43. The molecule has 0 aliphatic heterocycles. The van der Waals surface area contributed by atoms with Gasteiger partial charge >= 0.3 is 0 Å². The molecule has 0 atom stereocenters. The van der Waals surface area contributed by atoms with E-state index in [1.807, 2.05) is 36.9 Å². The fourth-order valence-electron chi connectivity index (χ4n) is 2.55. The number of halogens is 2. The van der Waals surface area contributed by atoms with E-state index in [1.165, 1.54) is 12.1 Å². The Labute approximate surface area is 133 Å². The lowest BCUT2D eigenvalue weighted by Gasteiger charge is -2.04. The first-order valence-electron chi connectivity index (χ1n) is 7.33. The molecule has 0 saturated heterocycles. The van der Waals surface area contributed by atoms with Crippen molar-refractivity contribution in [2.24, 2.45) is 7.05 Å². The highest BCUT2D eigenvalue weighted by Crippen LogP contribution is 2.21. The summed E-state index contributed by atoms with van der Waals surface area (Å²) in [5, 5.41) is 8.76. The maximum atomic E-state index is 13.5. The zero-order valence-corrected chi connectivity index (χ0v) is 13.0. The molecular weight excluding hydrogens is 296 g/mol. The third-order valence-electron chi connectivity index (χ3n) is 3.72. The Bertz CT molecular complexity index is 881. The van der Waals surface area contributed by atoms with E-state index in [0.717, 1.165) is 28.4 Å². The molecule has 1 N–H and O–H groups in total. The predicted molar refractivity (Wildman–Crippen MR) is 89.3 cm³/mol. The average molecular weight is 313 g/mol. The van der Waals surface area contributed by atoms with Crippen LogP contribution in [0.5, 0.6) is 0 Å². The molecular formula is C18H17F2N3. The van der Waals surface area contributed by atoms with Crippen LogP contribution >= 0.6 is 0 Å². The van der Waals surface area contributed by atoms with Gasteiger partial charge in [-0.1, -0.05) is 12.2 Å². The predicted octanol–water partition coefficient (Wildman–Crippen LogP) is 4.29. The van der Waals surface area contributed by atoms with Crippen LogP contribution in [-0.2, 0) is 7.05 Å². The van der Waals surface area contributed by atoms with Crippen molar-refractivity contribution in [1.82, 2.24) is 9.78 Å². The van der Waals surface area contributed by atoms with Gasteiger partial charge in [0.15, 0.2) is 0 Å². The Kier molecular flexibility index (Phi) is 4.10. The van der Waals surface area contributed by atoms with Crippen LogP contribution in [0.3, 0.4) is 0 Å². The molecule has 1 aromatic heterocycles. The number of hydrogen-bond acceptors (Lipinski definition) is 2. The van der Waals surface area contributed by atoms with Gasteiger partial charge in [0.1, 0.15) is 11.6 Å². The van der Waals surface area contributed by atoms with Crippen LogP contribution in [-0.4, -0.2) is 16.3 Å². The molecule has 0 amide bonds. The number of nitrogens with zero attached hydrogens (tertiary/aromatic N) is 2. The van der Waals surface area contributed by atoms with E-state index in [9.17, 15) is 8.78 Å². The fourth-order valence-corrected chi connectivity index (χ4v) is 2.55. The standard InChI is InChI=1S/C18H17F2N3/c1-12-16-8-7-15(11-18(16)23(2)22-12)21-9-3-4-13-5-6-14(19)10-17(13)20/h3-8,10-11,21H,9H2,1-2H3/b4-3+. The first-order valence-corrected chi connectivity index (χ1v) is 7.33. The number of aromatic nitrogens is 2. The topological polar surface area (TPSA) is 29.9 Å². The number of anilines is 1. The third kappa shape index (κ3) is 3.23. The number of benzene rings is 2. The van der Waals surface area contributed by atoms with Gasteiger partial charge in [-0.3, -0.25) is 4.68 Å². The zero-order chi connectivity index (χ0) is 16.4. The summed E-state index contributed by atoms with van der Waals surface area (Å²) in [4.78, 5) is 0. The van der Waals surface area contributed by atoms with Crippen molar-refractivity contribution in [3.8, 4) is 0 Å². The normalized spacial score (nSPS) is 11.5. The molecule has 3 nitrogen and oxygen atoms in total. The minimum Gasteiger partial charge on any atom is -0.381 e. The number of fused-ring (bicyclic) bond motifs is 1. The second-order valence-corrected chi connectivity index (χ2v) is 5.39. The van der Waals surface area contributed by atoms with Gasteiger partial charge in [0, 0.05) is 36.3 Å². The number of hydrogen-bond donors (Lipinski definition) is 1. The lowest BCUT2D eigenvalue weighted by atomic mass is 10.2. The SMILES string of the molecule is Cc1nn(C)c2cc(NC/C=C/c3ccc(F)cc3F)ccc12. The molecule has 0 spiro atoms. The summed E-state index contributed by atoms with van der Waals surface area (Å²) in [6.45, 7) is 2.52. The maximum Gasteiger partial charge on any atom is 0.133 e. The van der Waals surface area contributed by atoms with Crippen LogP contribution in [0.25, 0.3) is 17.0 Å². The first-order chi connectivity index (χ1) is 11.0. The lowest BCUT2D eigenvalue weighted by Crippen LogP contribution is -1.98. The van der Waals surface area contributed by atoms with Crippen LogP contribution in [0, 0.1) is 18.6 Å². The molecule has 23 heavy (non-hydrogen) atoms. The Morgan fingerprint density at radius 1 is 1.17 bits per heavy atom. The molecule has 5 heteroatoms. The van der Waals surface area contributed by atoms with E-state index < -0.39 is 11.6 Å². The molecule has 0 unspecified atom stereocenters. The molecule has 118 valence electrons. The highest BCUT2D eigenvalue weighted by molar-refractivity contribution is 5.85. The summed E-state index contributed by atoms with van der Waals surface area (Å²) in [5.41, 5.74) is 3.39. The van der Waals surface area contributed by atoms with E-state index in [2.05, 4.69) is 10.4 Å². The molecule has 3 rings (SSSR count). The Morgan fingerprint density at radius 3 is 2.78 bits per heavy atom. The van der Waals surface area contributed by atoms with Gasteiger partial charge < -0.3 is 5.32 Å². The molecule has 0 bridgehead atoms. The maximum absolute atomic E-state index is 13.5. The molecule has 0 aliphatic rings. The fraction of sp³-hybridized carbons (Fsp3) is 0.167. The minimum atomic E-state index is -0.572. The number of rotatable bonds is 4. The van der Waals surface area contributed by atoms with Gasteiger partial charge in [-0.05, 0) is 37.3 Å². The molecule has 0 saturated carbocycles. The molecule has 0 radical (unpaired) electrons. The summed E-state index contributed by atoms with van der Waals surface area (Å²) in [6, 6.07) is 9.60. The van der Waals surface area contributed by atoms with Crippen molar-refractivity contribution in [2.45, 2.75) is 6.92 Å². The van der Waals surface area contributed by atoms with Gasteiger partial charge in [-0.15, -0.1) is 0 Å². The van der Waals surface area contributed by atoms with Gasteiger partial charge in [0.2, 0.25) is 0 Å². The monoisotopic (exact) mass is 313 g/mol. The Hall–Kier alpha value is -2.69. The number of nitrogens with one attached hydrogen (secondary N) is 1. The average Bonchev–Trinajstić information content (AvgIpc) is 2.80. The quantitative estimate of drug-likeness (QED) is 0.779. The summed E-state index contributed by atoms with van der Waals surface area (Å²) < 4.78 is 28.2. The molecule has 2 aromatic carbocycles. The summed E-state index contributed by atoms with van der Waals surface area (Å²) in [5.74, 6) is -1.13. The molecule has 1 heterocycles. The van der Waals surface area contributed by atoms with E-state index >= 15 is 0 Å². The van der Waals surface area contributed by atoms with Crippen molar-refractivity contribution >= 4 is 22.7 Å². The summed E-state index contributed by atoms with van der Waals surface area (Å²) >= 11 is 0. The number of aryl methyl sites for hydroxylation is 2. The van der Waals surface area contributed by atoms with Crippen molar-refractivity contribution in [1.29, 1.82) is 0 Å². The minimum absolute atomic E-state index is 0.367. The van der Waals surface area contributed by atoms with Crippen molar-refractivity contribution < 1.29 is 8.78 Å². The van der Waals surface area contributed by atoms with E-state index in [1.54, 1.807) is 12.2 Å². The zero-order valence-electron chi connectivity index (χ0n) is 13.0. The second kappa shape index (κ2) is 6.20. The van der Waals surface area contributed by atoms with Crippen LogP contribution in [0.1, 0.15) is 11.3 Å². The van der Waals surface area contributed by atoms with Gasteiger partial charge in [-0.25, -0.2) is 8.78 Å². The van der Waals surface area contributed by atoms with Crippen molar-refractivity contribution in [2.75, 3.05) is 11.9 Å². The highest BCUT2D eigenvalue weighted by atomic mass is 19.1. The molecule has 0 aliphatic carbocycles. The smallest absolute Gasteiger partial charge is 0.133 e. The summed E-state index contributed by atoms with van der Waals surface area (Å²) in [7, 11) is 1.91. The van der Waals surface area contributed by atoms with Crippen LogP contribution in [0.15, 0.2) is 42.5 Å². The second-order valence-electron chi connectivity index (χ2n) is 5.39. The van der Waals surface area contributed by atoms with Gasteiger partial charge in [0.05, 0.1) is 11.2 Å². The van der Waals surface area contributed by atoms with E-state index in [4.69, 9.17) is 0 Å². The Morgan fingerprint density at radius 2 is 2.00 bits per heavy atom. The van der Waals surface area contributed by atoms with Gasteiger partial charge in [-0.2, -0.15) is 5.10 Å². The van der Waals surface area contributed by atoms with E-state index in [0.29, 0.717) is 12.1 Å².